The van der Waals surface area contributed by atoms with Crippen molar-refractivity contribution in [2.45, 2.75) is 18.9 Å². The Morgan fingerprint density at radius 3 is 2.65 bits per heavy atom. The zero-order valence-electron chi connectivity index (χ0n) is 11.2. The van der Waals surface area contributed by atoms with Gasteiger partial charge < -0.3 is 14.6 Å². The minimum Gasteiger partial charge on any atom is -0.480 e. The molecular weight excluding hydrogens is 256 g/mol. The number of amides is 1. The Hall–Kier alpha value is -2.30. The molecule has 1 heterocycles. The number of fused-ring (bicyclic) bond motifs is 1. The Balaban J connectivity index is 1.98. The molecule has 0 spiro atoms. The van der Waals surface area contributed by atoms with Crippen LogP contribution in [0.1, 0.15) is 23.3 Å². The highest BCUT2D eigenvalue weighted by Crippen LogP contribution is 2.29. The summed E-state index contributed by atoms with van der Waals surface area (Å²) in [6.07, 6.45) is 1.78. The summed E-state index contributed by atoms with van der Waals surface area (Å²) in [6.45, 7) is -0.231. The third-order valence-electron chi connectivity index (χ3n) is 3.72. The van der Waals surface area contributed by atoms with Gasteiger partial charge in [-0.2, -0.15) is 0 Å². The number of hydrogen-bond acceptors (Lipinski definition) is 2. The van der Waals surface area contributed by atoms with Crippen molar-refractivity contribution in [3.63, 3.8) is 0 Å². The summed E-state index contributed by atoms with van der Waals surface area (Å²) in [7, 11) is 1.83. The Bertz CT molecular complexity index is 685. The maximum absolute atomic E-state index is 12.6. The number of rotatable bonds is 4. The third kappa shape index (κ3) is 2.15. The van der Waals surface area contributed by atoms with E-state index in [9.17, 15) is 9.59 Å². The highest BCUT2D eigenvalue weighted by Gasteiger charge is 2.35. The molecule has 0 bridgehead atoms. The van der Waals surface area contributed by atoms with Crippen LogP contribution in [-0.2, 0) is 11.8 Å². The van der Waals surface area contributed by atoms with Crippen LogP contribution in [0.2, 0.25) is 0 Å². The number of nitrogens with zero attached hydrogens (tertiary/aromatic N) is 2. The fraction of sp³-hybridized carbons (Fsp3) is 0.333. The zero-order chi connectivity index (χ0) is 14.3. The normalized spacial score (nSPS) is 14.4. The van der Waals surface area contributed by atoms with E-state index in [2.05, 4.69) is 0 Å². The number of carbonyl (C=O) groups is 2. The van der Waals surface area contributed by atoms with Crippen LogP contribution in [0, 0.1) is 0 Å². The first kappa shape index (κ1) is 12.7. The lowest BCUT2D eigenvalue weighted by Gasteiger charge is -2.20. The Labute approximate surface area is 116 Å². The van der Waals surface area contributed by atoms with E-state index >= 15 is 0 Å². The number of aliphatic carboxylic acids is 1. The smallest absolute Gasteiger partial charge is 0.323 e. The molecule has 104 valence electrons. The minimum atomic E-state index is -0.969. The Morgan fingerprint density at radius 1 is 1.35 bits per heavy atom. The molecule has 1 amide bonds. The van der Waals surface area contributed by atoms with Crippen LogP contribution in [0.15, 0.2) is 30.3 Å². The molecule has 2 aromatic rings. The second-order valence-corrected chi connectivity index (χ2v) is 5.21. The van der Waals surface area contributed by atoms with Gasteiger partial charge in [0.2, 0.25) is 0 Å². The van der Waals surface area contributed by atoms with Gasteiger partial charge in [0.05, 0.1) is 0 Å². The van der Waals surface area contributed by atoms with Crippen molar-refractivity contribution in [3.8, 4) is 0 Å². The van der Waals surface area contributed by atoms with Crippen LogP contribution in [0.25, 0.3) is 10.9 Å². The summed E-state index contributed by atoms with van der Waals surface area (Å²) < 4.78 is 1.83. The number of benzene rings is 1. The summed E-state index contributed by atoms with van der Waals surface area (Å²) >= 11 is 0. The third-order valence-corrected chi connectivity index (χ3v) is 3.72. The molecule has 1 aromatic carbocycles. The Kier molecular flexibility index (Phi) is 2.97. The lowest BCUT2D eigenvalue weighted by atomic mass is 10.2. The highest BCUT2D eigenvalue weighted by molar-refractivity contribution is 6.00. The van der Waals surface area contributed by atoms with E-state index in [1.54, 1.807) is 0 Å². The molecule has 1 aromatic heterocycles. The van der Waals surface area contributed by atoms with E-state index in [-0.39, 0.29) is 18.5 Å². The van der Waals surface area contributed by atoms with Gasteiger partial charge in [-0.3, -0.25) is 9.59 Å². The zero-order valence-corrected chi connectivity index (χ0v) is 11.2. The molecule has 1 N–H and O–H groups in total. The molecule has 1 saturated carbocycles. The molecule has 5 nitrogen and oxygen atoms in total. The summed E-state index contributed by atoms with van der Waals surface area (Å²) in [5, 5.41) is 9.95. The molecule has 0 saturated heterocycles. The van der Waals surface area contributed by atoms with E-state index in [1.165, 1.54) is 4.90 Å². The summed E-state index contributed by atoms with van der Waals surface area (Å²) in [6, 6.07) is 9.65. The first-order valence-electron chi connectivity index (χ1n) is 6.65. The Morgan fingerprint density at radius 2 is 2.05 bits per heavy atom. The monoisotopic (exact) mass is 272 g/mol. The predicted molar refractivity (Wildman–Crippen MR) is 74.6 cm³/mol. The van der Waals surface area contributed by atoms with Gasteiger partial charge in [-0.1, -0.05) is 18.2 Å². The quantitative estimate of drug-likeness (QED) is 0.924. The van der Waals surface area contributed by atoms with E-state index < -0.39 is 5.97 Å². The van der Waals surface area contributed by atoms with Crippen LogP contribution in [0.4, 0.5) is 0 Å². The molecule has 5 heteroatoms. The standard InChI is InChI=1S/C15H16N2O3/c1-16-12-5-3-2-4-10(12)8-13(16)15(20)17(9-14(18)19)11-6-7-11/h2-5,8,11H,6-7,9H2,1H3,(H,18,19). The molecule has 1 fully saturated rings. The second-order valence-electron chi connectivity index (χ2n) is 5.21. The van der Waals surface area contributed by atoms with E-state index in [0.717, 1.165) is 23.7 Å². The molecule has 0 atom stereocenters. The van der Waals surface area contributed by atoms with Crippen molar-refractivity contribution in [2.75, 3.05) is 6.54 Å². The van der Waals surface area contributed by atoms with Gasteiger partial charge in [-0.25, -0.2) is 0 Å². The van der Waals surface area contributed by atoms with Crippen LogP contribution in [0.3, 0.4) is 0 Å². The second kappa shape index (κ2) is 4.67. The number of aromatic nitrogens is 1. The largest absolute Gasteiger partial charge is 0.480 e. The number of carboxylic acid groups (broad SMARTS) is 1. The number of para-hydroxylation sites is 1. The van der Waals surface area contributed by atoms with Gasteiger partial charge in [0.15, 0.2) is 0 Å². The molecule has 0 unspecified atom stereocenters. The van der Waals surface area contributed by atoms with Gasteiger partial charge in [-0.05, 0) is 25.0 Å². The highest BCUT2D eigenvalue weighted by atomic mass is 16.4. The minimum absolute atomic E-state index is 0.0802. The van der Waals surface area contributed by atoms with Crippen molar-refractivity contribution < 1.29 is 14.7 Å². The summed E-state index contributed by atoms with van der Waals surface area (Å²) in [5.74, 6) is -1.17. The molecular formula is C15H16N2O3. The van der Waals surface area contributed by atoms with Crippen molar-refractivity contribution in [1.82, 2.24) is 9.47 Å². The lowest BCUT2D eigenvalue weighted by Crippen LogP contribution is -2.38. The predicted octanol–water partition coefficient (Wildman–Crippen LogP) is 1.87. The average molecular weight is 272 g/mol. The molecule has 1 aliphatic rings. The first-order chi connectivity index (χ1) is 9.58. The molecule has 1 aliphatic carbocycles. The molecule has 0 radical (unpaired) electrons. The van der Waals surface area contributed by atoms with Crippen LogP contribution < -0.4 is 0 Å². The van der Waals surface area contributed by atoms with Gasteiger partial charge in [0.1, 0.15) is 12.2 Å². The first-order valence-corrected chi connectivity index (χ1v) is 6.65. The molecule has 20 heavy (non-hydrogen) atoms. The van der Waals surface area contributed by atoms with Crippen molar-refractivity contribution in [2.24, 2.45) is 7.05 Å². The summed E-state index contributed by atoms with van der Waals surface area (Å²) in [4.78, 5) is 25.0. The van der Waals surface area contributed by atoms with E-state index in [1.807, 2.05) is 41.9 Å². The SMILES string of the molecule is Cn1c(C(=O)N(CC(=O)O)C2CC2)cc2ccccc21. The number of aryl methyl sites for hydroxylation is 1. The summed E-state index contributed by atoms with van der Waals surface area (Å²) in [5.41, 5.74) is 1.52. The number of carbonyl (C=O) groups excluding carboxylic acids is 1. The maximum atomic E-state index is 12.6. The van der Waals surface area contributed by atoms with Gasteiger partial charge >= 0.3 is 5.97 Å². The van der Waals surface area contributed by atoms with Gasteiger partial charge in [-0.15, -0.1) is 0 Å². The van der Waals surface area contributed by atoms with Crippen LogP contribution >= 0.6 is 0 Å². The van der Waals surface area contributed by atoms with Crippen molar-refractivity contribution >= 4 is 22.8 Å². The lowest BCUT2D eigenvalue weighted by molar-refractivity contribution is -0.137. The van der Waals surface area contributed by atoms with Crippen LogP contribution in [-0.4, -0.2) is 39.0 Å². The van der Waals surface area contributed by atoms with Gasteiger partial charge in [0, 0.05) is 24.0 Å². The van der Waals surface area contributed by atoms with E-state index in [4.69, 9.17) is 5.11 Å². The number of carboxylic acids is 1. The van der Waals surface area contributed by atoms with Crippen molar-refractivity contribution in [1.29, 1.82) is 0 Å². The number of hydrogen-bond donors (Lipinski definition) is 1. The maximum Gasteiger partial charge on any atom is 0.323 e. The fourth-order valence-corrected chi connectivity index (χ4v) is 2.54. The molecule has 0 aliphatic heterocycles. The molecule has 3 rings (SSSR count). The van der Waals surface area contributed by atoms with E-state index in [0.29, 0.717) is 5.69 Å². The van der Waals surface area contributed by atoms with Crippen molar-refractivity contribution in [3.05, 3.63) is 36.0 Å². The van der Waals surface area contributed by atoms with Crippen LogP contribution in [0.5, 0.6) is 0 Å². The van der Waals surface area contributed by atoms with Gasteiger partial charge in [0.25, 0.3) is 5.91 Å². The fourth-order valence-electron chi connectivity index (χ4n) is 2.54. The average Bonchev–Trinajstić information content (AvgIpc) is 3.20. The topological polar surface area (TPSA) is 62.5 Å².